The summed E-state index contributed by atoms with van der Waals surface area (Å²) in [5, 5.41) is 11.5. The van der Waals surface area contributed by atoms with Gasteiger partial charge in [-0.05, 0) is 13.8 Å². The summed E-state index contributed by atoms with van der Waals surface area (Å²) in [6, 6.07) is 0. The Bertz CT molecular complexity index is 122. The fourth-order valence-corrected chi connectivity index (χ4v) is 0.784. The molecule has 4 nitrogen and oxygen atoms in total. The minimum absolute atomic E-state index is 0.329. The molecular weight excluding hydrogens is 116 g/mol. The van der Waals surface area contributed by atoms with Gasteiger partial charge in [0, 0.05) is 13.6 Å². The van der Waals surface area contributed by atoms with E-state index in [0.29, 0.717) is 6.17 Å². The van der Waals surface area contributed by atoms with E-state index in [-0.39, 0.29) is 0 Å². The van der Waals surface area contributed by atoms with Crippen molar-refractivity contribution < 1.29 is 0 Å². The van der Waals surface area contributed by atoms with Crippen molar-refractivity contribution >= 4 is 0 Å². The van der Waals surface area contributed by atoms with E-state index < -0.39 is 0 Å². The smallest absolute Gasteiger partial charge is 0.134 e. The van der Waals surface area contributed by atoms with Crippen molar-refractivity contribution in [3.8, 4) is 0 Å². The Hall–Kier alpha value is -0.800. The highest BCUT2D eigenvalue weighted by atomic mass is 15.8. The van der Waals surface area contributed by atoms with Crippen LogP contribution in [0.1, 0.15) is 13.8 Å². The molecule has 1 aliphatic rings. The predicted molar refractivity (Wildman–Crippen MR) is 34.5 cm³/mol. The molecule has 0 saturated heterocycles. The highest BCUT2D eigenvalue weighted by molar-refractivity contribution is 4.60. The molecule has 0 amide bonds. The van der Waals surface area contributed by atoms with Gasteiger partial charge in [-0.15, -0.1) is 0 Å². The number of nitrogens with zero attached hydrogens (tertiary/aromatic N) is 4. The Morgan fingerprint density at radius 1 is 1.44 bits per heavy atom. The van der Waals surface area contributed by atoms with Crippen molar-refractivity contribution in [3.05, 3.63) is 0 Å². The summed E-state index contributed by atoms with van der Waals surface area (Å²) in [5.41, 5.74) is 0. The average molecular weight is 128 g/mol. The maximum absolute atomic E-state index is 3.90. The van der Waals surface area contributed by atoms with E-state index in [1.807, 2.05) is 17.1 Å². The third kappa shape index (κ3) is 0.966. The minimum Gasteiger partial charge on any atom is -0.256 e. The molecular formula is C5H12N4. The van der Waals surface area contributed by atoms with Gasteiger partial charge < -0.3 is 0 Å². The van der Waals surface area contributed by atoms with Gasteiger partial charge in [0.25, 0.3) is 0 Å². The van der Waals surface area contributed by atoms with Crippen molar-refractivity contribution in [2.45, 2.75) is 20.0 Å². The molecule has 1 heterocycles. The lowest BCUT2D eigenvalue weighted by Gasteiger charge is -2.19. The number of hydrogen-bond acceptors (Lipinski definition) is 4. The molecule has 0 aliphatic carbocycles. The van der Waals surface area contributed by atoms with Gasteiger partial charge in [-0.3, -0.25) is 10.0 Å². The predicted octanol–water partition coefficient (Wildman–Crippen LogP) is 0.882. The molecule has 1 rings (SSSR count). The molecule has 0 bridgehead atoms. The van der Waals surface area contributed by atoms with E-state index in [4.69, 9.17) is 0 Å². The Morgan fingerprint density at radius 2 is 2.11 bits per heavy atom. The first-order valence-corrected chi connectivity index (χ1v) is 3.16. The summed E-state index contributed by atoms with van der Waals surface area (Å²) >= 11 is 0. The third-order valence-electron chi connectivity index (χ3n) is 1.59. The third-order valence-corrected chi connectivity index (χ3v) is 1.59. The summed E-state index contributed by atoms with van der Waals surface area (Å²) in [7, 11) is 1.92. The molecule has 0 aromatic carbocycles. The van der Waals surface area contributed by atoms with Crippen molar-refractivity contribution in [1.82, 2.24) is 10.0 Å². The van der Waals surface area contributed by atoms with Crippen molar-refractivity contribution in [3.63, 3.8) is 0 Å². The van der Waals surface area contributed by atoms with E-state index >= 15 is 0 Å². The first-order chi connectivity index (χ1) is 4.25. The van der Waals surface area contributed by atoms with Gasteiger partial charge in [0.2, 0.25) is 0 Å². The molecule has 9 heavy (non-hydrogen) atoms. The van der Waals surface area contributed by atoms with Crippen LogP contribution in [0, 0.1) is 0 Å². The molecule has 0 fully saturated rings. The molecule has 52 valence electrons. The molecule has 0 aromatic heterocycles. The van der Waals surface area contributed by atoms with Gasteiger partial charge in [-0.1, -0.05) is 10.4 Å². The van der Waals surface area contributed by atoms with Gasteiger partial charge in [0.15, 0.2) is 0 Å². The largest absolute Gasteiger partial charge is 0.256 e. The summed E-state index contributed by atoms with van der Waals surface area (Å²) in [4.78, 5) is 0. The van der Waals surface area contributed by atoms with Crippen LogP contribution < -0.4 is 0 Å². The van der Waals surface area contributed by atoms with Crippen molar-refractivity contribution in [2.24, 2.45) is 10.4 Å². The quantitative estimate of drug-likeness (QED) is 0.525. The van der Waals surface area contributed by atoms with Crippen LogP contribution in [-0.4, -0.2) is 29.8 Å². The standard InChI is InChI=1S/C5H12N4/c1-4-9-5(2)8(3)6-7-9/h5H,4H2,1-3H3. The second-order valence-electron chi connectivity index (χ2n) is 2.14. The maximum Gasteiger partial charge on any atom is 0.134 e. The van der Waals surface area contributed by atoms with Gasteiger partial charge in [-0.2, -0.15) is 0 Å². The van der Waals surface area contributed by atoms with Crippen LogP contribution in [0.15, 0.2) is 10.4 Å². The molecule has 0 spiro atoms. The lowest BCUT2D eigenvalue weighted by Crippen LogP contribution is -2.32. The zero-order valence-electron chi connectivity index (χ0n) is 6.07. The van der Waals surface area contributed by atoms with Crippen LogP contribution in [0.25, 0.3) is 0 Å². The molecule has 1 atom stereocenters. The lowest BCUT2D eigenvalue weighted by atomic mass is 10.5. The average Bonchev–Trinajstić information content (AvgIpc) is 2.15. The number of rotatable bonds is 1. The van der Waals surface area contributed by atoms with E-state index in [9.17, 15) is 0 Å². The van der Waals surface area contributed by atoms with Gasteiger partial charge in [0.1, 0.15) is 6.17 Å². The highest BCUT2D eigenvalue weighted by Gasteiger charge is 2.19. The molecule has 4 heteroatoms. The topological polar surface area (TPSA) is 31.2 Å². The Kier molecular flexibility index (Phi) is 1.55. The molecule has 0 radical (unpaired) electrons. The molecule has 1 unspecified atom stereocenters. The highest BCUT2D eigenvalue weighted by Crippen LogP contribution is 2.11. The zero-order chi connectivity index (χ0) is 6.85. The van der Waals surface area contributed by atoms with Crippen LogP contribution in [0.5, 0.6) is 0 Å². The Morgan fingerprint density at radius 3 is 2.33 bits per heavy atom. The fraction of sp³-hybridized carbons (Fsp3) is 1.00. The fourth-order valence-electron chi connectivity index (χ4n) is 0.784. The Balaban J connectivity index is 2.51. The summed E-state index contributed by atoms with van der Waals surface area (Å²) in [5.74, 6) is 0. The molecule has 0 N–H and O–H groups in total. The SMILES string of the molecule is CCN1N=NN(C)C1C. The molecule has 0 saturated carbocycles. The minimum atomic E-state index is 0.329. The summed E-state index contributed by atoms with van der Waals surface area (Å²) in [6.45, 7) is 5.06. The lowest BCUT2D eigenvalue weighted by molar-refractivity contribution is 0.152. The maximum atomic E-state index is 3.90. The van der Waals surface area contributed by atoms with Gasteiger partial charge in [-0.25, -0.2) is 0 Å². The summed E-state index contributed by atoms with van der Waals surface area (Å²) in [6.07, 6.45) is 0.329. The Labute approximate surface area is 55.1 Å². The first kappa shape index (κ1) is 6.32. The first-order valence-electron chi connectivity index (χ1n) is 3.16. The van der Waals surface area contributed by atoms with Crippen LogP contribution in [0.2, 0.25) is 0 Å². The van der Waals surface area contributed by atoms with Crippen LogP contribution in [0.4, 0.5) is 0 Å². The summed E-state index contributed by atoms with van der Waals surface area (Å²) < 4.78 is 0. The second-order valence-corrected chi connectivity index (χ2v) is 2.14. The van der Waals surface area contributed by atoms with E-state index in [2.05, 4.69) is 24.3 Å². The monoisotopic (exact) mass is 128 g/mol. The van der Waals surface area contributed by atoms with Crippen molar-refractivity contribution in [2.75, 3.05) is 13.6 Å². The second kappa shape index (κ2) is 2.21. The number of hydrogen-bond donors (Lipinski definition) is 0. The van der Waals surface area contributed by atoms with Crippen LogP contribution in [0.3, 0.4) is 0 Å². The molecule has 1 aliphatic heterocycles. The van der Waals surface area contributed by atoms with E-state index in [0.717, 1.165) is 6.54 Å². The van der Waals surface area contributed by atoms with Crippen molar-refractivity contribution in [1.29, 1.82) is 0 Å². The van der Waals surface area contributed by atoms with E-state index in [1.165, 1.54) is 0 Å². The van der Waals surface area contributed by atoms with Crippen LogP contribution >= 0.6 is 0 Å². The molecule has 0 aromatic rings. The van der Waals surface area contributed by atoms with Crippen LogP contribution in [-0.2, 0) is 0 Å². The normalized spacial score (nSPS) is 25.9. The van der Waals surface area contributed by atoms with E-state index in [1.54, 1.807) is 0 Å². The van der Waals surface area contributed by atoms with Gasteiger partial charge >= 0.3 is 0 Å². The zero-order valence-corrected chi connectivity index (χ0v) is 6.07. The van der Waals surface area contributed by atoms with Gasteiger partial charge in [0.05, 0.1) is 0 Å².